The molecule has 0 aromatic rings. The number of alkyl halides is 2. The monoisotopic (exact) mass is 183 g/mol. The molecule has 0 amide bonds. The highest BCUT2D eigenvalue weighted by atomic mass is 35.5. The Labute approximate surface area is 72.9 Å². The molecule has 0 aromatic carbocycles. The smallest absolute Gasteiger partial charge is 0.0967 e. The van der Waals surface area contributed by atoms with E-state index in [2.05, 4.69) is 0 Å². The van der Waals surface area contributed by atoms with Crippen LogP contribution in [0.5, 0.6) is 0 Å². The van der Waals surface area contributed by atoms with Crippen molar-refractivity contribution >= 4 is 23.2 Å². The summed E-state index contributed by atoms with van der Waals surface area (Å²) < 4.78 is 0. The average molecular weight is 184 g/mol. The van der Waals surface area contributed by atoms with Crippen LogP contribution in [0.25, 0.3) is 0 Å². The van der Waals surface area contributed by atoms with Crippen molar-refractivity contribution in [1.82, 2.24) is 0 Å². The van der Waals surface area contributed by atoms with Crippen molar-refractivity contribution in [2.45, 2.75) is 38.1 Å². The van der Waals surface area contributed by atoms with Gasteiger partial charge in [-0.05, 0) is 12.8 Å². The third-order valence-corrected chi connectivity index (χ3v) is 1.65. The Balaban J connectivity index is 0.000000236. The zero-order valence-electron chi connectivity index (χ0n) is 6.15. The van der Waals surface area contributed by atoms with Gasteiger partial charge in [-0.2, -0.15) is 0 Å². The lowest BCUT2D eigenvalue weighted by Crippen LogP contribution is -2.22. The third-order valence-electron chi connectivity index (χ3n) is 1.65. The van der Waals surface area contributed by atoms with Crippen LogP contribution in [0.1, 0.15) is 32.1 Å². The maximum Gasteiger partial charge on any atom is 0.0967 e. The highest BCUT2D eigenvalue weighted by Crippen LogP contribution is 2.14. The number of halogens is 2. The molecule has 1 aliphatic carbocycles. The summed E-state index contributed by atoms with van der Waals surface area (Å²) in [7, 11) is 0. The molecule has 10 heavy (non-hydrogen) atoms. The van der Waals surface area contributed by atoms with Crippen LogP contribution in [0.3, 0.4) is 0 Å². The van der Waals surface area contributed by atoms with Gasteiger partial charge in [-0.3, -0.25) is 0 Å². The number of nitrogens with two attached hydrogens (primary N) is 1. The predicted molar refractivity (Wildman–Crippen MR) is 47.6 cm³/mol. The summed E-state index contributed by atoms with van der Waals surface area (Å²) >= 11 is 9.53. The Hall–Kier alpha value is 0.540. The molecule has 0 saturated heterocycles. The minimum absolute atomic E-state index is 0.194. The Kier molecular flexibility index (Phi) is 8.06. The van der Waals surface area contributed by atoms with E-state index in [1.807, 2.05) is 0 Å². The van der Waals surface area contributed by atoms with Crippen LogP contribution >= 0.6 is 23.2 Å². The van der Waals surface area contributed by atoms with Crippen molar-refractivity contribution in [2.24, 2.45) is 5.73 Å². The van der Waals surface area contributed by atoms with Gasteiger partial charge in [0, 0.05) is 6.04 Å². The molecule has 0 aromatic heterocycles. The molecule has 1 rings (SSSR count). The summed E-state index contributed by atoms with van der Waals surface area (Å²) in [5.74, 6) is 0. The van der Waals surface area contributed by atoms with Gasteiger partial charge in [-0.25, -0.2) is 0 Å². The molecular formula is C7H15Cl2N. The van der Waals surface area contributed by atoms with Gasteiger partial charge in [0.2, 0.25) is 0 Å². The van der Waals surface area contributed by atoms with Crippen LogP contribution < -0.4 is 5.73 Å². The fourth-order valence-corrected chi connectivity index (χ4v) is 1.13. The van der Waals surface area contributed by atoms with Crippen LogP contribution in [0, 0.1) is 0 Å². The van der Waals surface area contributed by atoms with E-state index in [-0.39, 0.29) is 5.34 Å². The summed E-state index contributed by atoms with van der Waals surface area (Å²) in [6, 6.07) is 0.536. The van der Waals surface area contributed by atoms with E-state index in [1.54, 1.807) is 0 Å². The van der Waals surface area contributed by atoms with Crippen LogP contribution in [-0.2, 0) is 0 Å². The molecule has 1 saturated carbocycles. The number of hydrogen-bond acceptors (Lipinski definition) is 1. The second kappa shape index (κ2) is 7.64. The van der Waals surface area contributed by atoms with E-state index in [0.717, 1.165) is 0 Å². The zero-order chi connectivity index (χ0) is 7.82. The topological polar surface area (TPSA) is 26.0 Å². The van der Waals surface area contributed by atoms with Crippen molar-refractivity contribution in [3.05, 3.63) is 0 Å². The normalized spacial score (nSPS) is 19.5. The van der Waals surface area contributed by atoms with Crippen molar-refractivity contribution in [3.8, 4) is 0 Å². The molecule has 1 fully saturated rings. The van der Waals surface area contributed by atoms with Gasteiger partial charge < -0.3 is 5.73 Å². The van der Waals surface area contributed by atoms with Gasteiger partial charge in [0.05, 0.1) is 5.34 Å². The summed E-state index contributed by atoms with van der Waals surface area (Å²) in [5, 5.41) is 0.194. The van der Waals surface area contributed by atoms with Crippen LogP contribution in [0.4, 0.5) is 0 Å². The molecule has 1 aliphatic rings. The lowest BCUT2D eigenvalue weighted by molar-refractivity contribution is 0.441. The summed E-state index contributed by atoms with van der Waals surface area (Å²) in [4.78, 5) is 0. The van der Waals surface area contributed by atoms with Gasteiger partial charge in [0.1, 0.15) is 0 Å². The molecule has 62 valence electrons. The molecule has 0 heterocycles. The summed E-state index contributed by atoms with van der Waals surface area (Å²) in [6.07, 6.45) is 6.66. The van der Waals surface area contributed by atoms with E-state index < -0.39 is 0 Å². The predicted octanol–water partition coefficient (Wildman–Crippen LogP) is 2.70. The van der Waals surface area contributed by atoms with Crippen LogP contribution in [0.2, 0.25) is 0 Å². The maximum atomic E-state index is 5.63. The van der Waals surface area contributed by atoms with E-state index in [4.69, 9.17) is 28.9 Å². The Morgan fingerprint density at radius 3 is 1.70 bits per heavy atom. The first kappa shape index (κ1) is 10.5. The van der Waals surface area contributed by atoms with Gasteiger partial charge >= 0.3 is 0 Å². The van der Waals surface area contributed by atoms with Gasteiger partial charge in [-0.1, -0.05) is 19.3 Å². The highest BCUT2D eigenvalue weighted by molar-refractivity contribution is 6.40. The fourth-order valence-electron chi connectivity index (χ4n) is 1.13. The second-order valence-corrected chi connectivity index (χ2v) is 3.31. The van der Waals surface area contributed by atoms with Crippen molar-refractivity contribution in [1.29, 1.82) is 0 Å². The highest BCUT2D eigenvalue weighted by Gasteiger charge is 2.06. The molecule has 1 nitrogen and oxygen atoms in total. The molecule has 0 radical (unpaired) electrons. The lowest BCUT2D eigenvalue weighted by Gasteiger charge is -2.15. The van der Waals surface area contributed by atoms with Crippen LogP contribution in [0.15, 0.2) is 0 Å². The fraction of sp³-hybridized carbons (Fsp3) is 1.00. The zero-order valence-corrected chi connectivity index (χ0v) is 7.67. The number of hydrogen-bond donors (Lipinski definition) is 1. The van der Waals surface area contributed by atoms with Gasteiger partial charge in [0.15, 0.2) is 0 Å². The van der Waals surface area contributed by atoms with Crippen molar-refractivity contribution < 1.29 is 0 Å². The van der Waals surface area contributed by atoms with Gasteiger partial charge in [0.25, 0.3) is 0 Å². The maximum absolute atomic E-state index is 5.63. The molecule has 0 atom stereocenters. The van der Waals surface area contributed by atoms with Crippen molar-refractivity contribution in [3.63, 3.8) is 0 Å². The SMILES string of the molecule is ClCCl.NC1CCCCC1. The largest absolute Gasteiger partial charge is 0.328 e. The van der Waals surface area contributed by atoms with E-state index in [9.17, 15) is 0 Å². The molecule has 0 spiro atoms. The molecule has 3 heteroatoms. The first-order valence-electron chi connectivity index (χ1n) is 3.68. The Bertz CT molecular complexity index is 62.6. The van der Waals surface area contributed by atoms with E-state index >= 15 is 0 Å². The van der Waals surface area contributed by atoms with E-state index in [1.165, 1.54) is 32.1 Å². The van der Waals surface area contributed by atoms with Crippen molar-refractivity contribution in [2.75, 3.05) is 5.34 Å². The molecule has 2 N–H and O–H groups in total. The first-order chi connectivity index (χ1) is 4.81. The quantitative estimate of drug-likeness (QED) is 0.575. The molecule has 0 aliphatic heterocycles. The Morgan fingerprint density at radius 1 is 1.10 bits per heavy atom. The third kappa shape index (κ3) is 6.66. The van der Waals surface area contributed by atoms with Gasteiger partial charge in [-0.15, -0.1) is 23.2 Å². The molecule has 0 unspecified atom stereocenters. The standard InChI is InChI=1S/C6H13N.CH2Cl2/c7-6-4-2-1-3-5-6;2-1-3/h6H,1-5,7H2;1H2. The van der Waals surface area contributed by atoms with Crippen LogP contribution in [-0.4, -0.2) is 11.4 Å². The Morgan fingerprint density at radius 2 is 1.50 bits per heavy atom. The molecular weight excluding hydrogens is 169 g/mol. The average Bonchev–Trinajstić information content (AvgIpc) is 1.91. The minimum atomic E-state index is 0.194. The minimum Gasteiger partial charge on any atom is -0.328 e. The van der Waals surface area contributed by atoms with E-state index in [0.29, 0.717) is 6.04 Å². The molecule has 0 bridgehead atoms. The first-order valence-corrected chi connectivity index (χ1v) is 4.75. The number of rotatable bonds is 0. The summed E-state index contributed by atoms with van der Waals surface area (Å²) in [5.41, 5.74) is 5.63. The second-order valence-electron chi connectivity index (χ2n) is 2.50. The lowest BCUT2D eigenvalue weighted by atomic mass is 9.97. The summed E-state index contributed by atoms with van der Waals surface area (Å²) in [6.45, 7) is 0.